The smallest absolute Gasteiger partial charge is 0.279 e. The molecule has 1 amide bonds. The number of hydrogen-bond acceptors (Lipinski definition) is 1. The lowest BCUT2D eigenvalue weighted by Gasteiger charge is -2.18. The molecule has 0 aliphatic heterocycles. The third-order valence-corrected chi connectivity index (χ3v) is 4.29. The fourth-order valence-corrected chi connectivity index (χ4v) is 3.26. The van der Waals surface area contributed by atoms with Crippen LogP contribution in [-0.4, -0.2) is 18.5 Å². The van der Waals surface area contributed by atoms with Crippen molar-refractivity contribution in [3.63, 3.8) is 0 Å². The Balaban J connectivity index is 1.78. The van der Waals surface area contributed by atoms with E-state index in [-0.39, 0.29) is 5.91 Å². The first-order valence-electron chi connectivity index (χ1n) is 8.35. The summed E-state index contributed by atoms with van der Waals surface area (Å²) >= 11 is 0. The highest BCUT2D eigenvalue weighted by atomic mass is 16.1. The van der Waals surface area contributed by atoms with E-state index in [9.17, 15) is 4.79 Å². The molecule has 1 aliphatic carbocycles. The Labute approximate surface area is 128 Å². The van der Waals surface area contributed by atoms with Gasteiger partial charge in [-0.1, -0.05) is 25.3 Å². The zero-order valence-electron chi connectivity index (χ0n) is 13.5. The maximum absolute atomic E-state index is 12.1. The minimum atomic E-state index is 0.113. The van der Waals surface area contributed by atoms with E-state index in [1.54, 1.807) is 0 Å². The zero-order valence-corrected chi connectivity index (χ0v) is 13.5. The Kier molecular flexibility index (Phi) is 6.24. The molecule has 0 saturated heterocycles. The van der Waals surface area contributed by atoms with Crippen LogP contribution in [0.5, 0.6) is 0 Å². The first-order valence-corrected chi connectivity index (χ1v) is 8.35. The van der Waals surface area contributed by atoms with E-state index in [1.165, 1.54) is 56.1 Å². The van der Waals surface area contributed by atoms with Crippen molar-refractivity contribution >= 4 is 11.6 Å². The minimum absolute atomic E-state index is 0.113. The third kappa shape index (κ3) is 5.88. The summed E-state index contributed by atoms with van der Waals surface area (Å²) in [7, 11) is 0. The average molecular weight is 289 g/mol. The van der Waals surface area contributed by atoms with Crippen LogP contribution in [0.15, 0.2) is 18.2 Å². The van der Waals surface area contributed by atoms with Gasteiger partial charge in [0, 0.05) is 5.69 Å². The quantitative estimate of drug-likeness (QED) is 0.879. The fourth-order valence-electron chi connectivity index (χ4n) is 3.26. The van der Waals surface area contributed by atoms with Crippen LogP contribution in [-0.2, 0) is 4.79 Å². The fraction of sp³-hybridized carbons (Fsp3) is 0.611. The van der Waals surface area contributed by atoms with E-state index in [0.29, 0.717) is 12.6 Å². The van der Waals surface area contributed by atoms with Gasteiger partial charge in [-0.3, -0.25) is 4.79 Å². The molecule has 3 heteroatoms. The van der Waals surface area contributed by atoms with Crippen molar-refractivity contribution in [2.45, 2.75) is 64.8 Å². The lowest BCUT2D eigenvalue weighted by molar-refractivity contribution is -0.680. The number of quaternary nitrogens is 1. The molecule has 1 aromatic rings. The summed E-state index contributed by atoms with van der Waals surface area (Å²) in [6.45, 7) is 4.66. The summed E-state index contributed by atoms with van der Waals surface area (Å²) in [5.74, 6) is 0.113. The van der Waals surface area contributed by atoms with Crippen LogP contribution in [0.4, 0.5) is 5.69 Å². The molecule has 2 rings (SSSR count). The number of nitrogens with one attached hydrogen (secondary N) is 1. The normalized spacial score (nSPS) is 17.0. The van der Waals surface area contributed by atoms with Crippen LogP contribution >= 0.6 is 0 Å². The number of aryl methyl sites for hydroxylation is 2. The Morgan fingerprint density at radius 2 is 1.62 bits per heavy atom. The minimum Gasteiger partial charge on any atom is -0.336 e. The zero-order chi connectivity index (χ0) is 15.1. The van der Waals surface area contributed by atoms with Gasteiger partial charge >= 0.3 is 0 Å². The number of carbonyl (C=O) groups excluding carboxylic acids is 1. The number of nitrogens with two attached hydrogens (primary N) is 1. The first-order chi connectivity index (χ1) is 10.1. The monoisotopic (exact) mass is 289 g/mol. The highest BCUT2D eigenvalue weighted by molar-refractivity contribution is 5.91. The first kappa shape index (κ1) is 16.0. The van der Waals surface area contributed by atoms with E-state index >= 15 is 0 Å². The number of hydrogen-bond donors (Lipinski definition) is 2. The number of rotatable bonds is 4. The summed E-state index contributed by atoms with van der Waals surface area (Å²) in [4.78, 5) is 12.1. The highest BCUT2D eigenvalue weighted by Crippen LogP contribution is 2.15. The summed E-state index contributed by atoms with van der Waals surface area (Å²) in [5, 5.41) is 5.26. The van der Waals surface area contributed by atoms with Crippen LogP contribution in [0.1, 0.15) is 56.1 Å². The van der Waals surface area contributed by atoms with Gasteiger partial charge in [-0.25, -0.2) is 0 Å². The number of amides is 1. The van der Waals surface area contributed by atoms with E-state index in [1.807, 2.05) is 12.1 Å². The Morgan fingerprint density at radius 1 is 1.05 bits per heavy atom. The van der Waals surface area contributed by atoms with Crippen molar-refractivity contribution in [2.24, 2.45) is 0 Å². The van der Waals surface area contributed by atoms with E-state index in [0.717, 1.165) is 5.69 Å². The Hall–Kier alpha value is -1.35. The lowest BCUT2D eigenvalue weighted by Crippen LogP contribution is -2.91. The number of anilines is 1. The molecular weight excluding hydrogens is 260 g/mol. The molecule has 0 radical (unpaired) electrons. The topological polar surface area (TPSA) is 45.7 Å². The van der Waals surface area contributed by atoms with Crippen LogP contribution in [0.2, 0.25) is 0 Å². The van der Waals surface area contributed by atoms with Gasteiger partial charge in [-0.2, -0.15) is 0 Å². The molecule has 3 nitrogen and oxygen atoms in total. The summed E-state index contributed by atoms with van der Waals surface area (Å²) < 4.78 is 0. The summed E-state index contributed by atoms with van der Waals surface area (Å²) in [6, 6.07) is 6.81. The average Bonchev–Trinajstić information content (AvgIpc) is 2.36. The lowest BCUT2D eigenvalue weighted by atomic mass is 9.97. The second kappa shape index (κ2) is 8.18. The molecule has 1 saturated carbocycles. The molecule has 0 aromatic heterocycles. The maximum Gasteiger partial charge on any atom is 0.279 e. The molecule has 0 heterocycles. The van der Waals surface area contributed by atoms with Gasteiger partial charge in [0.25, 0.3) is 5.91 Å². The Bertz CT molecular complexity index is 442. The molecule has 0 unspecified atom stereocenters. The molecule has 1 aliphatic rings. The maximum atomic E-state index is 12.1. The van der Waals surface area contributed by atoms with E-state index in [2.05, 4.69) is 30.5 Å². The largest absolute Gasteiger partial charge is 0.336 e. The van der Waals surface area contributed by atoms with Crippen LogP contribution < -0.4 is 10.6 Å². The predicted octanol–water partition coefficient (Wildman–Crippen LogP) is 2.92. The van der Waals surface area contributed by atoms with Crippen molar-refractivity contribution in [1.29, 1.82) is 0 Å². The molecule has 0 atom stereocenters. The van der Waals surface area contributed by atoms with E-state index < -0.39 is 0 Å². The second-order valence-electron chi connectivity index (χ2n) is 6.47. The standard InChI is InChI=1S/C18H28N2O/c1-14-10-15(2)12-17(11-14)20-18(21)13-19-16-8-6-4-3-5-7-9-16/h10-12,16,19H,3-9,13H2,1-2H3,(H,20,21)/p+1. The molecule has 3 N–H and O–H groups in total. The van der Waals surface area contributed by atoms with Crippen molar-refractivity contribution in [1.82, 2.24) is 0 Å². The van der Waals surface area contributed by atoms with Gasteiger partial charge in [0.15, 0.2) is 6.54 Å². The van der Waals surface area contributed by atoms with Gasteiger partial charge in [-0.15, -0.1) is 0 Å². The molecule has 116 valence electrons. The van der Waals surface area contributed by atoms with Gasteiger partial charge in [-0.05, 0) is 62.8 Å². The number of benzene rings is 1. The van der Waals surface area contributed by atoms with Crippen molar-refractivity contribution in [3.05, 3.63) is 29.3 Å². The summed E-state index contributed by atoms with van der Waals surface area (Å²) in [5.41, 5.74) is 3.30. The second-order valence-corrected chi connectivity index (χ2v) is 6.47. The molecule has 0 bridgehead atoms. The Morgan fingerprint density at radius 3 is 2.24 bits per heavy atom. The van der Waals surface area contributed by atoms with Gasteiger partial charge < -0.3 is 10.6 Å². The van der Waals surface area contributed by atoms with Crippen LogP contribution in [0.3, 0.4) is 0 Å². The molecular formula is C18H29N2O+. The van der Waals surface area contributed by atoms with Gasteiger partial charge in [0.2, 0.25) is 0 Å². The highest BCUT2D eigenvalue weighted by Gasteiger charge is 2.15. The number of carbonyl (C=O) groups is 1. The van der Waals surface area contributed by atoms with Gasteiger partial charge in [0.05, 0.1) is 6.04 Å². The van der Waals surface area contributed by atoms with Crippen molar-refractivity contribution < 1.29 is 10.1 Å². The molecule has 1 aromatic carbocycles. The van der Waals surface area contributed by atoms with E-state index in [4.69, 9.17) is 0 Å². The predicted molar refractivity (Wildman–Crippen MR) is 87.4 cm³/mol. The van der Waals surface area contributed by atoms with Crippen LogP contribution in [0, 0.1) is 13.8 Å². The SMILES string of the molecule is Cc1cc(C)cc(NC(=O)C[NH2+]C2CCCCCCC2)c1. The third-order valence-electron chi connectivity index (χ3n) is 4.29. The molecule has 0 spiro atoms. The molecule has 1 fully saturated rings. The summed E-state index contributed by atoms with van der Waals surface area (Å²) in [6.07, 6.45) is 9.27. The van der Waals surface area contributed by atoms with Gasteiger partial charge in [0.1, 0.15) is 0 Å². The van der Waals surface area contributed by atoms with Crippen molar-refractivity contribution in [3.8, 4) is 0 Å². The van der Waals surface area contributed by atoms with Crippen molar-refractivity contribution in [2.75, 3.05) is 11.9 Å². The molecule has 21 heavy (non-hydrogen) atoms. The van der Waals surface area contributed by atoms with Crippen LogP contribution in [0.25, 0.3) is 0 Å².